The van der Waals surface area contributed by atoms with E-state index in [0.717, 1.165) is 12.0 Å². The smallest absolute Gasteiger partial charge is 0.324 e. The number of ether oxygens (including phenoxy) is 1. The van der Waals surface area contributed by atoms with Gasteiger partial charge in [0, 0.05) is 6.20 Å². The Morgan fingerprint density at radius 1 is 1.79 bits per heavy atom. The monoisotopic (exact) mass is 197 g/mol. The van der Waals surface area contributed by atoms with Crippen molar-refractivity contribution in [3.05, 3.63) is 18.0 Å². The standard InChI is InChI=1S/C9H15N3O2/c1-3-7-4-11-12(5-7)6-8(10)9(13)14-2/h4-5,8H,3,6,10H2,1-2H3. The molecule has 0 saturated carbocycles. The highest BCUT2D eigenvalue weighted by Gasteiger charge is 2.14. The van der Waals surface area contributed by atoms with Crippen molar-refractivity contribution in [1.82, 2.24) is 9.78 Å². The van der Waals surface area contributed by atoms with Gasteiger partial charge in [-0.1, -0.05) is 6.92 Å². The Morgan fingerprint density at radius 3 is 3.00 bits per heavy atom. The van der Waals surface area contributed by atoms with E-state index in [9.17, 15) is 4.79 Å². The summed E-state index contributed by atoms with van der Waals surface area (Å²) < 4.78 is 6.17. The summed E-state index contributed by atoms with van der Waals surface area (Å²) in [5.74, 6) is -0.418. The molecule has 5 heteroatoms. The Morgan fingerprint density at radius 2 is 2.50 bits per heavy atom. The van der Waals surface area contributed by atoms with Crippen LogP contribution in [0.3, 0.4) is 0 Å². The molecule has 0 radical (unpaired) electrons. The second-order valence-electron chi connectivity index (χ2n) is 3.05. The summed E-state index contributed by atoms with van der Waals surface area (Å²) in [6.45, 7) is 2.40. The third-order valence-electron chi connectivity index (χ3n) is 1.98. The minimum Gasteiger partial charge on any atom is -0.468 e. The highest BCUT2D eigenvalue weighted by Crippen LogP contribution is 1.99. The average molecular weight is 197 g/mol. The van der Waals surface area contributed by atoms with E-state index in [1.165, 1.54) is 7.11 Å². The fourth-order valence-electron chi connectivity index (χ4n) is 1.12. The second-order valence-corrected chi connectivity index (χ2v) is 3.05. The molecule has 1 aromatic rings. The zero-order chi connectivity index (χ0) is 10.6. The molecule has 1 heterocycles. The Balaban J connectivity index is 2.55. The molecule has 78 valence electrons. The number of nitrogens with two attached hydrogens (primary N) is 1. The molecule has 0 aliphatic rings. The van der Waals surface area contributed by atoms with E-state index in [1.807, 2.05) is 13.1 Å². The normalized spacial score (nSPS) is 12.5. The molecule has 5 nitrogen and oxygen atoms in total. The lowest BCUT2D eigenvalue weighted by atomic mass is 10.3. The van der Waals surface area contributed by atoms with Gasteiger partial charge in [0.25, 0.3) is 0 Å². The zero-order valence-electron chi connectivity index (χ0n) is 8.43. The molecule has 1 atom stereocenters. The maximum absolute atomic E-state index is 11.0. The van der Waals surface area contributed by atoms with Crippen LogP contribution in [0.15, 0.2) is 12.4 Å². The van der Waals surface area contributed by atoms with Crippen LogP contribution in [0, 0.1) is 0 Å². The Bertz CT molecular complexity index is 309. The van der Waals surface area contributed by atoms with Crippen molar-refractivity contribution in [2.45, 2.75) is 25.9 Å². The van der Waals surface area contributed by atoms with E-state index < -0.39 is 12.0 Å². The van der Waals surface area contributed by atoms with Gasteiger partial charge in [-0.3, -0.25) is 9.48 Å². The van der Waals surface area contributed by atoms with E-state index in [1.54, 1.807) is 10.9 Å². The van der Waals surface area contributed by atoms with Crippen LogP contribution >= 0.6 is 0 Å². The molecule has 0 aliphatic heterocycles. The molecule has 14 heavy (non-hydrogen) atoms. The number of esters is 1. The van der Waals surface area contributed by atoms with E-state index in [-0.39, 0.29) is 0 Å². The van der Waals surface area contributed by atoms with Crippen molar-refractivity contribution in [2.75, 3.05) is 7.11 Å². The number of hydrogen-bond donors (Lipinski definition) is 1. The number of nitrogens with zero attached hydrogens (tertiary/aromatic N) is 2. The first-order valence-electron chi connectivity index (χ1n) is 4.52. The summed E-state index contributed by atoms with van der Waals surface area (Å²) in [5, 5.41) is 4.07. The van der Waals surface area contributed by atoms with Crippen LogP contribution in [0.4, 0.5) is 0 Å². The molecule has 0 bridgehead atoms. The van der Waals surface area contributed by atoms with Gasteiger partial charge in [0.2, 0.25) is 0 Å². The van der Waals surface area contributed by atoms with Crippen LogP contribution in [0.1, 0.15) is 12.5 Å². The van der Waals surface area contributed by atoms with E-state index in [4.69, 9.17) is 5.73 Å². The molecule has 2 N–H and O–H groups in total. The first-order valence-corrected chi connectivity index (χ1v) is 4.52. The SMILES string of the molecule is CCc1cnn(CC(N)C(=O)OC)c1. The number of aryl methyl sites for hydroxylation is 1. The van der Waals surface area contributed by atoms with Gasteiger partial charge >= 0.3 is 5.97 Å². The van der Waals surface area contributed by atoms with Gasteiger partial charge in [0.1, 0.15) is 6.04 Å². The van der Waals surface area contributed by atoms with Crippen LogP contribution in [0.2, 0.25) is 0 Å². The Kier molecular flexibility index (Phi) is 3.64. The van der Waals surface area contributed by atoms with Crippen LogP contribution in [0.25, 0.3) is 0 Å². The quantitative estimate of drug-likeness (QED) is 0.687. The van der Waals surface area contributed by atoms with Crippen LogP contribution < -0.4 is 5.73 Å². The number of carbonyl (C=O) groups excluding carboxylic acids is 1. The molecule has 0 amide bonds. The highest BCUT2D eigenvalue weighted by atomic mass is 16.5. The molecule has 1 rings (SSSR count). The minimum absolute atomic E-state index is 0.354. The number of aromatic nitrogens is 2. The number of hydrogen-bond acceptors (Lipinski definition) is 4. The average Bonchev–Trinajstić information content (AvgIpc) is 2.64. The topological polar surface area (TPSA) is 70.1 Å². The highest BCUT2D eigenvalue weighted by molar-refractivity contribution is 5.75. The summed E-state index contributed by atoms with van der Waals surface area (Å²) in [6.07, 6.45) is 4.57. The molecular formula is C9H15N3O2. The summed E-state index contributed by atoms with van der Waals surface area (Å²) in [5.41, 5.74) is 6.70. The number of methoxy groups -OCH3 is 1. The van der Waals surface area contributed by atoms with E-state index in [0.29, 0.717) is 6.54 Å². The van der Waals surface area contributed by atoms with E-state index >= 15 is 0 Å². The second kappa shape index (κ2) is 4.76. The van der Waals surface area contributed by atoms with Crippen molar-refractivity contribution < 1.29 is 9.53 Å². The third-order valence-corrected chi connectivity index (χ3v) is 1.98. The van der Waals surface area contributed by atoms with Crippen molar-refractivity contribution in [1.29, 1.82) is 0 Å². The van der Waals surface area contributed by atoms with Gasteiger partial charge in [0.15, 0.2) is 0 Å². The number of carbonyl (C=O) groups is 1. The van der Waals surface area contributed by atoms with Gasteiger partial charge < -0.3 is 10.5 Å². The van der Waals surface area contributed by atoms with Crippen molar-refractivity contribution >= 4 is 5.97 Å². The van der Waals surface area contributed by atoms with Gasteiger partial charge in [-0.25, -0.2) is 0 Å². The van der Waals surface area contributed by atoms with E-state index in [2.05, 4.69) is 9.84 Å². The maximum Gasteiger partial charge on any atom is 0.324 e. The molecule has 1 unspecified atom stereocenters. The predicted octanol–water partition coefficient (Wildman–Crippen LogP) is -0.0542. The first kappa shape index (κ1) is 10.7. The first-order chi connectivity index (χ1) is 6.67. The van der Waals surface area contributed by atoms with Crippen LogP contribution in [0.5, 0.6) is 0 Å². The lowest BCUT2D eigenvalue weighted by molar-refractivity contribution is -0.142. The summed E-state index contributed by atoms with van der Waals surface area (Å²) in [7, 11) is 1.32. The Hall–Kier alpha value is -1.36. The Labute approximate surface area is 82.8 Å². The zero-order valence-corrected chi connectivity index (χ0v) is 8.43. The van der Waals surface area contributed by atoms with Gasteiger partial charge in [0.05, 0.1) is 19.9 Å². The fourth-order valence-corrected chi connectivity index (χ4v) is 1.12. The molecule has 0 saturated heterocycles. The van der Waals surface area contributed by atoms with Gasteiger partial charge in [-0.2, -0.15) is 5.10 Å². The molecule has 0 fully saturated rings. The molecule has 0 aliphatic carbocycles. The van der Waals surface area contributed by atoms with Crippen molar-refractivity contribution in [2.24, 2.45) is 5.73 Å². The van der Waals surface area contributed by atoms with Gasteiger partial charge in [-0.15, -0.1) is 0 Å². The fraction of sp³-hybridized carbons (Fsp3) is 0.556. The maximum atomic E-state index is 11.0. The minimum atomic E-state index is -0.649. The van der Waals surface area contributed by atoms with Crippen molar-refractivity contribution in [3.8, 4) is 0 Å². The summed E-state index contributed by atoms with van der Waals surface area (Å²) in [6, 6.07) is -0.649. The lowest BCUT2D eigenvalue weighted by Gasteiger charge is -2.08. The number of rotatable bonds is 4. The largest absolute Gasteiger partial charge is 0.468 e. The summed E-state index contributed by atoms with van der Waals surface area (Å²) >= 11 is 0. The summed E-state index contributed by atoms with van der Waals surface area (Å²) in [4.78, 5) is 11.0. The molecule has 1 aromatic heterocycles. The van der Waals surface area contributed by atoms with Crippen LogP contribution in [-0.2, 0) is 22.5 Å². The van der Waals surface area contributed by atoms with Gasteiger partial charge in [-0.05, 0) is 12.0 Å². The van der Waals surface area contributed by atoms with Crippen molar-refractivity contribution in [3.63, 3.8) is 0 Å². The molecule has 0 aromatic carbocycles. The predicted molar refractivity (Wildman–Crippen MR) is 51.6 cm³/mol. The lowest BCUT2D eigenvalue weighted by Crippen LogP contribution is -2.35. The third kappa shape index (κ3) is 2.56. The molecule has 0 spiro atoms. The van der Waals surface area contributed by atoms with Crippen LogP contribution in [-0.4, -0.2) is 28.9 Å². The molecular weight excluding hydrogens is 182 g/mol.